The van der Waals surface area contributed by atoms with Crippen LogP contribution in [0.25, 0.3) is 0 Å². The molecule has 1 fully saturated rings. The highest BCUT2D eigenvalue weighted by Crippen LogP contribution is 2.36. The molecular weight excluding hydrogens is 168 g/mol. The third-order valence-electron chi connectivity index (χ3n) is 1.94. The molecule has 1 unspecified atom stereocenters. The summed E-state index contributed by atoms with van der Waals surface area (Å²) in [4.78, 5) is 0. The van der Waals surface area contributed by atoms with Crippen LogP contribution in [-0.2, 0) is 9.47 Å². The van der Waals surface area contributed by atoms with E-state index in [9.17, 15) is 4.39 Å². The smallest absolute Gasteiger partial charge is 0.220 e. The van der Waals surface area contributed by atoms with Gasteiger partial charge in [-0.25, -0.2) is 4.39 Å². The maximum Gasteiger partial charge on any atom is 0.220 e. The number of ether oxygens (including phenoxy) is 2. The first-order chi connectivity index (χ1) is 5.87. The van der Waals surface area contributed by atoms with E-state index in [2.05, 4.69) is 0 Å². The van der Waals surface area contributed by atoms with Crippen LogP contribution in [0.4, 0.5) is 4.39 Å². The normalized spacial score (nSPS) is 35.5. The van der Waals surface area contributed by atoms with E-state index >= 15 is 0 Å². The summed E-state index contributed by atoms with van der Waals surface area (Å²) in [5.74, 6) is -2.20. The van der Waals surface area contributed by atoms with Gasteiger partial charge in [0, 0.05) is 24.4 Å². The summed E-state index contributed by atoms with van der Waals surface area (Å²) < 4.78 is 23.6. The Morgan fingerprint density at radius 3 is 2.62 bits per heavy atom. The van der Waals surface area contributed by atoms with Crippen molar-refractivity contribution in [3.8, 4) is 0 Å². The predicted octanol–water partition coefficient (Wildman–Crippen LogP) is -0.0155. The van der Waals surface area contributed by atoms with Crippen molar-refractivity contribution in [1.29, 1.82) is 0 Å². The number of hydrogen-bond acceptors (Lipinski definition) is 2. The molecule has 1 saturated heterocycles. The molecule has 0 aromatic rings. The fourth-order valence-corrected chi connectivity index (χ4v) is 1.29. The fraction of sp³-hybridized carbons (Fsp3) is 1.00. The highest BCUT2D eigenvalue weighted by Gasteiger charge is 2.49. The lowest BCUT2D eigenvalue weighted by Crippen LogP contribution is -2.59. The summed E-state index contributed by atoms with van der Waals surface area (Å²) >= 11 is 0. The van der Waals surface area contributed by atoms with Gasteiger partial charge in [-0.15, -0.1) is 0 Å². The lowest BCUT2D eigenvalue weighted by atomic mass is 9.58. The molecule has 2 nitrogen and oxygen atoms in total. The molecule has 0 bridgehead atoms. The second kappa shape index (κ2) is 3.66. The van der Waals surface area contributed by atoms with Crippen LogP contribution in [0.5, 0.6) is 0 Å². The van der Waals surface area contributed by atoms with Gasteiger partial charge in [0.15, 0.2) is 0 Å². The summed E-state index contributed by atoms with van der Waals surface area (Å²) in [6, 6.07) is -0.766. The molecule has 6 heteroatoms. The topological polar surface area (TPSA) is 18.5 Å². The van der Waals surface area contributed by atoms with Crippen molar-refractivity contribution in [2.45, 2.75) is 37.0 Å². The first kappa shape index (κ1) is 11.1. The van der Waals surface area contributed by atoms with Crippen LogP contribution < -0.4 is 0 Å². The first-order valence-electron chi connectivity index (χ1n) is 4.21. The van der Waals surface area contributed by atoms with Crippen LogP contribution in [-0.4, -0.2) is 47.4 Å². The quantitative estimate of drug-likeness (QED) is 0.553. The van der Waals surface area contributed by atoms with Gasteiger partial charge in [0.2, 0.25) is 5.85 Å². The molecule has 0 spiro atoms. The highest BCUT2D eigenvalue weighted by atomic mass is 19.2. The SMILES string of the molecule is [B]C(C)O[C@@]1(F)CCCOC1([B])[B]. The summed E-state index contributed by atoms with van der Waals surface area (Å²) in [6.45, 7) is 1.84. The summed E-state index contributed by atoms with van der Waals surface area (Å²) in [6.07, 6.45) is 0.612. The highest BCUT2D eigenvalue weighted by molar-refractivity contribution is 6.40. The van der Waals surface area contributed by atoms with Crippen molar-refractivity contribution in [2.24, 2.45) is 0 Å². The van der Waals surface area contributed by atoms with Crippen molar-refractivity contribution in [2.75, 3.05) is 6.61 Å². The molecule has 0 aliphatic carbocycles. The van der Waals surface area contributed by atoms with Gasteiger partial charge in [0.25, 0.3) is 0 Å². The monoisotopic (exact) mass is 178 g/mol. The van der Waals surface area contributed by atoms with E-state index in [-0.39, 0.29) is 6.42 Å². The molecule has 1 aliphatic rings. The third-order valence-corrected chi connectivity index (χ3v) is 1.94. The van der Waals surface area contributed by atoms with Crippen molar-refractivity contribution in [1.82, 2.24) is 0 Å². The van der Waals surface area contributed by atoms with Crippen LogP contribution in [0, 0.1) is 0 Å². The zero-order valence-corrected chi connectivity index (χ0v) is 7.63. The van der Waals surface area contributed by atoms with Gasteiger partial charge >= 0.3 is 0 Å². The zero-order chi connectivity index (χ0) is 10.1. The van der Waals surface area contributed by atoms with Crippen molar-refractivity contribution in [3.05, 3.63) is 0 Å². The van der Waals surface area contributed by atoms with Gasteiger partial charge in [-0.3, -0.25) is 0 Å². The maximum atomic E-state index is 13.9. The van der Waals surface area contributed by atoms with E-state index < -0.39 is 17.3 Å². The molecule has 2 atom stereocenters. The van der Waals surface area contributed by atoms with Crippen LogP contribution in [0.1, 0.15) is 19.8 Å². The van der Waals surface area contributed by atoms with Gasteiger partial charge in [-0.05, 0) is 13.3 Å². The van der Waals surface area contributed by atoms with E-state index in [4.69, 9.17) is 33.0 Å². The van der Waals surface area contributed by atoms with Gasteiger partial charge in [-0.1, -0.05) is 0 Å². The second-order valence-corrected chi connectivity index (χ2v) is 3.30. The van der Waals surface area contributed by atoms with Gasteiger partial charge in [0.05, 0.1) is 0 Å². The van der Waals surface area contributed by atoms with Gasteiger partial charge in [-0.2, -0.15) is 0 Å². The van der Waals surface area contributed by atoms with E-state index in [1.54, 1.807) is 0 Å². The minimum absolute atomic E-state index is 0.0987. The molecule has 0 saturated carbocycles. The van der Waals surface area contributed by atoms with Crippen molar-refractivity contribution < 1.29 is 13.9 Å². The Kier molecular flexibility index (Phi) is 3.13. The number of hydrogen-bond donors (Lipinski definition) is 0. The molecule has 0 aromatic carbocycles. The predicted molar refractivity (Wildman–Crippen MR) is 49.6 cm³/mol. The minimum atomic E-state index is -2.20. The largest absolute Gasteiger partial charge is 0.389 e. The Morgan fingerprint density at radius 1 is 1.54 bits per heavy atom. The fourth-order valence-electron chi connectivity index (χ4n) is 1.29. The number of alkyl halides is 1. The van der Waals surface area contributed by atoms with Crippen molar-refractivity contribution in [3.63, 3.8) is 0 Å². The molecule has 6 radical (unpaired) electrons. The molecule has 13 heavy (non-hydrogen) atoms. The maximum absolute atomic E-state index is 13.9. The molecule has 0 aromatic heterocycles. The Hall–Kier alpha value is 0.0448. The van der Waals surface area contributed by atoms with Gasteiger partial charge in [0.1, 0.15) is 23.5 Å². The molecular formula is C7H10B3FO2. The molecule has 0 N–H and O–H groups in total. The Balaban J connectivity index is 2.72. The summed E-state index contributed by atoms with van der Waals surface area (Å²) in [5, 5.41) is -1.90. The third kappa shape index (κ3) is 2.29. The summed E-state index contributed by atoms with van der Waals surface area (Å²) in [7, 11) is 16.1. The van der Waals surface area contributed by atoms with Crippen LogP contribution in [0.3, 0.4) is 0 Å². The molecule has 1 rings (SSSR count). The Morgan fingerprint density at radius 2 is 2.15 bits per heavy atom. The van der Waals surface area contributed by atoms with Crippen LogP contribution in [0.15, 0.2) is 0 Å². The average molecular weight is 178 g/mol. The minimum Gasteiger partial charge on any atom is -0.389 e. The lowest BCUT2D eigenvalue weighted by molar-refractivity contribution is -0.243. The molecule has 1 heterocycles. The van der Waals surface area contributed by atoms with Gasteiger partial charge < -0.3 is 9.47 Å². The zero-order valence-electron chi connectivity index (χ0n) is 7.63. The molecule has 0 amide bonds. The Bertz CT molecular complexity index is 189. The first-order valence-corrected chi connectivity index (χ1v) is 4.21. The standard InChI is InChI=1S/C7H10B3FO2/c1-5(8)13-6(11)3-2-4-12-7(6,9)10/h5H,2-4H2,1H3/t5?,6-/m0/s1. The number of halogens is 1. The summed E-state index contributed by atoms with van der Waals surface area (Å²) in [5.41, 5.74) is 0. The Labute approximate surface area is 81.8 Å². The van der Waals surface area contributed by atoms with Crippen LogP contribution >= 0.6 is 0 Å². The average Bonchev–Trinajstić information content (AvgIpc) is 1.94. The number of rotatable bonds is 2. The lowest BCUT2D eigenvalue weighted by Gasteiger charge is -2.45. The van der Waals surface area contributed by atoms with Crippen LogP contribution in [0.2, 0.25) is 0 Å². The van der Waals surface area contributed by atoms with E-state index in [0.29, 0.717) is 13.0 Å². The van der Waals surface area contributed by atoms with Crippen molar-refractivity contribution >= 4 is 23.5 Å². The second-order valence-electron chi connectivity index (χ2n) is 3.30. The van der Waals surface area contributed by atoms with E-state index in [0.717, 1.165) is 0 Å². The van der Waals surface area contributed by atoms with E-state index in [1.807, 2.05) is 0 Å². The molecule has 1 aliphatic heterocycles. The van der Waals surface area contributed by atoms with E-state index in [1.165, 1.54) is 6.92 Å². The molecule has 66 valence electrons.